The van der Waals surface area contributed by atoms with Crippen LogP contribution in [-0.4, -0.2) is 66.8 Å². The van der Waals surface area contributed by atoms with Gasteiger partial charge in [0.05, 0.1) is 37.0 Å². The molecule has 0 saturated carbocycles. The van der Waals surface area contributed by atoms with E-state index in [-0.39, 0.29) is 6.10 Å². The van der Waals surface area contributed by atoms with Crippen LogP contribution in [0, 0.1) is 11.8 Å². The first kappa shape index (κ1) is 25.6. The second-order valence-electron chi connectivity index (χ2n) is 10.8. The van der Waals surface area contributed by atoms with E-state index in [1.54, 1.807) is 17.3 Å². The minimum atomic E-state index is 0.168. The van der Waals surface area contributed by atoms with Gasteiger partial charge in [-0.1, -0.05) is 24.3 Å². The number of hydrogen-bond acceptors (Lipinski definition) is 9. The van der Waals surface area contributed by atoms with Crippen molar-refractivity contribution in [2.45, 2.75) is 25.5 Å². The second-order valence-corrected chi connectivity index (χ2v) is 10.8. The molecule has 2 N–H and O–H groups in total. The van der Waals surface area contributed by atoms with E-state index in [1.165, 1.54) is 0 Å². The van der Waals surface area contributed by atoms with E-state index in [4.69, 9.17) is 9.47 Å². The first-order chi connectivity index (χ1) is 20.2. The highest BCUT2D eigenvalue weighted by atomic mass is 16.5. The summed E-state index contributed by atoms with van der Waals surface area (Å²) >= 11 is 0. The standard InChI is InChI=1S/C30H33N9O2/c1-38-36-15-26(37-38)21-4-2-20(3-5-21)14-32-28-13-25(34-19-35-28)27-16-33-29-12-24(8-11-39(27)29)41-30(23-17-40-18-23)22-6-9-31-10-7-22/h2-5,8,11-13,15-16,19,22-23,30-31H,6-7,9-10,14,17-18H2,1H3,(H,32,34,35). The van der Waals surface area contributed by atoms with E-state index in [0.29, 0.717) is 18.4 Å². The minimum Gasteiger partial charge on any atom is -0.489 e. The predicted octanol–water partition coefficient (Wildman–Crippen LogP) is 3.59. The van der Waals surface area contributed by atoms with Gasteiger partial charge in [-0.05, 0) is 43.5 Å². The largest absolute Gasteiger partial charge is 0.489 e. The molecule has 2 fully saturated rings. The van der Waals surface area contributed by atoms with Crippen molar-refractivity contribution in [3.8, 4) is 28.4 Å². The van der Waals surface area contributed by atoms with Crippen LogP contribution in [0.25, 0.3) is 28.3 Å². The molecule has 41 heavy (non-hydrogen) atoms. The molecule has 210 valence electrons. The predicted molar refractivity (Wildman–Crippen MR) is 154 cm³/mol. The Kier molecular flexibility index (Phi) is 7.03. The highest BCUT2D eigenvalue weighted by Gasteiger charge is 2.36. The molecular formula is C30H33N9O2. The van der Waals surface area contributed by atoms with Gasteiger partial charge < -0.3 is 20.1 Å². The summed E-state index contributed by atoms with van der Waals surface area (Å²) in [5.41, 5.74) is 5.53. The number of ether oxygens (including phenoxy) is 2. The van der Waals surface area contributed by atoms with Crippen molar-refractivity contribution < 1.29 is 9.47 Å². The van der Waals surface area contributed by atoms with Gasteiger partial charge in [-0.25, -0.2) is 15.0 Å². The zero-order chi connectivity index (χ0) is 27.6. The quantitative estimate of drug-likeness (QED) is 0.283. The van der Waals surface area contributed by atoms with E-state index < -0.39 is 0 Å². The van der Waals surface area contributed by atoms with E-state index >= 15 is 0 Å². The normalized spacial score (nSPS) is 16.9. The van der Waals surface area contributed by atoms with Gasteiger partial charge in [-0.15, -0.1) is 0 Å². The Bertz CT molecular complexity index is 1620. The minimum absolute atomic E-state index is 0.168. The lowest BCUT2D eigenvalue weighted by Crippen LogP contribution is -2.48. The van der Waals surface area contributed by atoms with E-state index in [2.05, 4.69) is 60.0 Å². The molecular weight excluding hydrogens is 518 g/mol. The summed E-state index contributed by atoms with van der Waals surface area (Å²) in [6.45, 7) is 4.29. The third kappa shape index (κ3) is 5.50. The highest BCUT2D eigenvalue weighted by Crippen LogP contribution is 2.32. The lowest BCUT2D eigenvalue weighted by molar-refractivity contribution is -0.102. The van der Waals surface area contributed by atoms with Crippen LogP contribution in [0.5, 0.6) is 5.75 Å². The average Bonchev–Trinajstić information content (AvgIpc) is 3.62. The maximum atomic E-state index is 6.60. The Morgan fingerprint density at radius 1 is 1.00 bits per heavy atom. The lowest BCUT2D eigenvalue weighted by Gasteiger charge is -2.40. The number of aromatic nitrogens is 7. The Hall–Kier alpha value is -4.35. The number of anilines is 1. The summed E-state index contributed by atoms with van der Waals surface area (Å²) in [7, 11) is 1.81. The molecule has 1 aromatic carbocycles. The molecule has 1 atom stereocenters. The van der Waals surface area contributed by atoms with Crippen molar-refractivity contribution in [1.29, 1.82) is 0 Å². The zero-order valence-electron chi connectivity index (χ0n) is 23.0. The van der Waals surface area contributed by atoms with Crippen LogP contribution >= 0.6 is 0 Å². The molecule has 2 aliphatic heterocycles. The molecule has 4 aromatic heterocycles. The van der Waals surface area contributed by atoms with Gasteiger partial charge >= 0.3 is 0 Å². The third-order valence-corrected chi connectivity index (χ3v) is 7.99. The second kappa shape index (κ2) is 11.3. The number of fused-ring (bicyclic) bond motifs is 1. The molecule has 0 bridgehead atoms. The molecule has 7 rings (SSSR count). The van der Waals surface area contributed by atoms with Gasteiger partial charge in [0, 0.05) is 43.4 Å². The smallest absolute Gasteiger partial charge is 0.140 e. The zero-order valence-corrected chi connectivity index (χ0v) is 23.0. The monoisotopic (exact) mass is 551 g/mol. The Morgan fingerprint density at radius 3 is 2.61 bits per heavy atom. The molecule has 2 aliphatic rings. The van der Waals surface area contributed by atoms with Crippen LogP contribution in [0.3, 0.4) is 0 Å². The van der Waals surface area contributed by atoms with Crippen LogP contribution < -0.4 is 15.4 Å². The number of aryl methyl sites for hydroxylation is 1. The molecule has 11 heteroatoms. The number of benzene rings is 1. The molecule has 0 amide bonds. The average molecular weight is 552 g/mol. The first-order valence-corrected chi connectivity index (χ1v) is 14.1. The van der Waals surface area contributed by atoms with Crippen molar-refractivity contribution >= 4 is 11.5 Å². The van der Waals surface area contributed by atoms with E-state index in [1.807, 2.05) is 42.0 Å². The van der Waals surface area contributed by atoms with Crippen LogP contribution in [-0.2, 0) is 18.3 Å². The van der Waals surface area contributed by atoms with Crippen LogP contribution in [0.15, 0.2) is 67.4 Å². The first-order valence-electron chi connectivity index (χ1n) is 14.1. The Labute approximate surface area is 238 Å². The van der Waals surface area contributed by atoms with Gasteiger partial charge in [0.1, 0.15) is 35.3 Å². The maximum absolute atomic E-state index is 6.60. The molecule has 5 aromatic rings. The number of nitrogens with zero attached hydrogens (tertiary/aromatic N) is 7. The summed E-state index contributed by atoms with van der Waals surface area (Å²) in [6.07, 6.45) is 9.64. The molecule has 1 unspecified atom stereocenters. The van der Waals surface area contributed by atoms with Crippen LogP contribution in [0.1, 0.15) is 18.4 Å². The van der Waals surface area contributed by atoms with Gasteiger partial charge in [0.15, 0.2) is 0 Å². The molecule has 11 nitrogen and oxygen atoms in total. The van der Waals surface area contributed by atoms with Crippen LogP contribution in [0.2, 0.25) is 0 Å². The van der Waals surface area contributed by atoms with E-state index in [9.17, 15) is 0 Å². The highest BCUT2D eigenvalue weighted by molar-refractivity contribution is 5.63. The topological polar surface area (TPSA) is 116 Å². The number of imidazole rings is 1. The van der Waals surface area contributed by atoms with Crippen molar-refractivity contribution in [3.63, 3.8) is 0 Å². The fraction of sp³-hybridized carbons (Fsp3) is 0.367. The Balaban J connectivity index is 1.04. The van der Waals surface area contributed by atoms with Gasteiger partial charge in [-0.3, -0.25) is 4.40 Å². The summed E-state index contributed by atoms with van der Waals surface area (Å²) < 4.78 is 14.1. The number of rotatable bonds is 9. The summed E-state index contributed by atoms with van der Waals surface area (Å²) in [4.78, 5) is 15.2. The third-order valence-electron chi connectivity index (χ3n) is 7.99. The van der Waals surface area contributed by atoms with Crippen LogP contribution in [0.4, 0.5) is 5.82 Å². The summed E-state index contributed by atoms with van der Waals surface area (Å²) in [5, 5.41) is 15.4. The van der Waals surface area contributed by atoms with Crippen molar-refractivity contribution in [1.82, 2.24) is 39.7 Å². The Morgan fingerprint density at radius 2 is 1.85 bits per heavy atom. The summed E-state index contributed by atoms with van der Waals surface area (Å²) in [6, 6.07) is 14.3. The summed E-state index contributed by atoms with van der Waals surface area (Å²) in [5.74, 6) is 2.59. The van der Waals surface area contributed by atoms with Gasteiger partial charge in [-0.2, -0.15) is 15.0 Å². The molecule has 6 heterocycles. The SMILES string of the molecule is Cn1ncc(-c2ccc(CNc3cc(-c4cnc5cc(OC(C6CCNCC6)C6COC6)ccn45)ncn3)cc2)n1. The molecule has 0 aliphatic carbocycles. The van der Waals surface area contributed by atoms with Crippen molar-refractivity contribution in [3.05, 3.63) is 72.9 Å². The number of nitrogens with one attached hydrogen (secondary N) is 2. The van der Waals surface area contributed by atoms with Crippen molar-refractivity contribution in [2.75, 3.05) is 31.6 Å². The molecule has 0 spiro atoms. The van der Waals surface area contributed by atoms with E-state index in [0.717, 1.165) is 84.6 Å². The number of hydrogen-bond donors (Lipinski definition) is 2. The fourth-order valence-electron chi connectivity index (χ4n) is 5.63. The number of piperidine rings is 1. The molecule has 2 saturated heterocycles. The van der Waals surface area contributed by atoms with Gasteiger partial charge in [0.25, 0.3) is 0 Å². The molecule has 0 radical (unpaired) electrons. The lowest BCUT2D eigenvalue weighted by atomic mass is 9.83. The van der Waals surface area contributed by atoms with Crippen molar-refractivity contribution in [2.24, 2.45) is 18.9 Å². The van der Waals surface area contributed by atoms with Gasteiger partial charge in [0.2, 0.25) is 0 Å². The number of pyridine rings is 1. The maximum Gasteiger partial charge on any atom is 0.140 e. The fourth-order valence-corrected chi connectivity index (χ4v) is 5.63.